The largest absolute Gasteiger partial charge is 0.306 e. The minimum absolute atomic E-state index is 0.170. The van der Waals surface area contributed by atoms with Crippen molar-refractivity contribution in [2.45, 2.75) is 38.8 Å². The first-order valence-electron chi connectivity index (χ1n) is 5.96. The highest BCUT2D eigenvalue weighted by Gasteiger charge is 2.36. The highest BCUT2D eigenvalue weighted by Crippen LogP contribution is 2.34. The summed E-state index contributed by atoms with van der Waals surface area (Å²) in [5.74, 6) is -0.202. The van der Waals surface area contributed by atoms with Gasteiger partial charge in [0.05, 0.1) is 11.5 Å². The van der Waals surface area contributed by atoms with Gasteiger partial charge in [-0.15, -0.1) is 0 Å². The Morgan fingerprint density at radius 2 is 2.18 bits per heavy atom. The van der Waals surface area contributed by atoms with Gasteiger partial charge in [0.2, 0.25) is 0 Å². The highest BCUT2D eigenvalue weighted by atomic mass is 19.1. The molecule has 3 heteroatoms. The van der Waals surface area contributed by atoms with Crippen molar-refractivity contribution in [1.82, 2.24) is 5.32 Å². The molecule has 1 heterocycles. The van der Waals surface area contributed by atoms with Crippen LogP contribution in [-0.2, 0) is 0 Å². The number of halogens is 1. The van der Waals surface area contributed by atoms with Crippen LogP contribution in [-0.4, -0.2) is 6.04 Å². The first-order chi connectivity index (χ1) is 8.03. The van der Waals surface area contributed by atoms with Crippen LogP contribution in [0.1, 0.15) is 38.3 Å². The van der Waals surface area contributed by atoms with Gasteiger partial charge in [-0.3, -0.25) is 0 Å². The number of rotatable bonds is 2. The number of nitrogens with zero attached hydrogens (tertiary/aromatic N) is 1. The van der Waals surface area contributed by atoms with E-state index >= 15 is 0 Å². The average molecular weight is 232 g/mol. The first kappa shape index (κ1) is 12.1. The van der Waals surface area contributed by atoms with Crippen LogP contribution in [0.15, 0.2) is 24.3 Å². The summed E-state index contributed by atoms with van der Waals surface area (Å²) < 4.78 is 13.1. The second kappa shape index (κ2) is 4.46. The van der Waals surface area contributed by atoms with Crippen LogP contribution < -0.4 is 5.32 Å². The van der Waals surface area contributed by atoms with Crippen molar-refractivity contribution >= 4 is 0 Å². The number of hydrogen-bond donors (Lipinski definition) is 1. The molecular weight excluding hydrogens is 215 g/mol. The van der Waals surface area contributed by atoms with E-state index in [2.05, 4.69) is 11.4 Å². The third kappa shape index (κ3) is 2.48. The molecule has 0 saturated carbocycles. The van der Waals surface area contributed by atoms with Gasteiger partial charge in [-0.05, 0) is 44.4 Å². The summed E-state index contributed by atoms with van der Waals surface area (Å²) in [6.45, 7) is 3.89. The number of nitriles is 1. The van der Waals surface area contributed by atoms with Crippen LogP contribution >= 0.6 is 0 Å². The van der Waals surface area contributed by atoms with E-state index in [1.807, 2.05) is 19.9 Å². The summed E-state index contributed by atoms with van der Waals surface area (Å²) in [6.07, 6.45) is 1.92. The zero-order valence-electron chi connectivity index (χ0n) is 10.2. The molecule has 0 radical (unpaired) electrons. The van der Waals surface area contributed by atoms with Crippen molar-refractivity contribution in [3.05, 3.63) is 35.6 Å². The van der Waals surface area contributed by atoms with Gasteiger partial charge >= 0.3 is 0 Å². The quantitative estimate of drug-likeness (QED) is 0.850. The molecule has 0 aliphatic carbocycles. The van der Waals surface area contributed by atoms with Crippen LogP contribution in [0.2, 0.25) is 0 Å². The zero-order chi connectivity index (χ0) is 12.5. The van der Waals surface area contributed by atoms with Gasteiger partial charge in [0.1, 0.15) is 5.82 Å². The molecule has 1 aromatic rings. The van der Waals surface area contributed by atoms with Crippen molar-refractivity contribution < 1.29 is 4.39 Å². The first-order valence-corrected chi connectivity index (χ1v) is 5.96. The number of hydrogen-bond acceptors (Lipinski definition) is 2. The Morgan fingerprint density at radius 1 is 1.41 bits per heavy atom. The molecule has 1 aliphatic heterocycles. The molecular formula is C14H17FN2. The van der Waals surface area contributed by atoms with Crippen LogP contribution in [0.25, 0.3) is 0 Å². The molecule has 0 aromatic heterocycles. The fraction of sp³-hybridized carbons (Fsp3) is 0.500. The van der Waals surface area contributed by atoms with E-state index in [9.17, 15) is 4.39 Å². The van der Waals surface area contributed by atoms with Gasteiger partial charge in [0, 0.05) is 12.1 Å². The molecule has 0 unspecified atom stereocenters. The maximum Gasteiger partial charge on any atom is 0.123 e. The molecule has 0 spiro atoms. The predicted octanol–water partition coefficient (Wildman–Crippen LogP) is 3.17. The van der Waals surface area contributed by atoms with Gasteiger partial charge in [-0.25, -0.2) is 4.39 Å². The van der Waals surface area contributed by atoms with Gasteiger partial charge in [0.25, 0.3) is 0 Å². The molecule has 1 aliphatic rings. The van der Waals surface area contributed by atoms with Crippen LogP contribution in [0.3, 0.4) is 0 Å². The Balaban J connectivity index is 2.11. The van der Waals surface area contributed by atoms with Gasteiger partial charge in [0.15, 0.2) is 0 Å². The van der Waals surface area contributed by atoms with E-state index in [-0.39, 0.29) is 23.3 Å². The Hall–Kier alpha value is -1.40. The summed E-state index contributed by atoms with van der Waals surface area (Å²) in [6, 6.07) is 9.37. The summed E-state index contributed by atoms with van der Waals surface area (Å²) in [7, 11) is 0. The van der Waals surface area contributed by atoms with Crippen molar-refractivity contribution in [3.63, 3.8) is 0 Å². The third-order valence-corrected chi connectivity index (χ3v) is 3.56. The topological polar surface area (TPSA) is 35.8 Å². The number of benzene rings is 1. The van der Waals surface area contributed by atoms with E-state index < -0.39 is 0 Å². The van der Waals surface area contributed by atoms with Crippen LogP contribution in [0, 0.1) is 22.6 Å². The lowest BCUT2D eigenvalue weighted by Crippen LogP contribution is -2.37. The van der Waals surface area contributed by atoms with Crippen LogP contribution in [0.4, 0.5) is 4.39 Å². The predicted molar refractivity (Wildman–Crippen MR) is 64.7 cm³/mol. The van der Waals surface area contributed by atoms with Gasteiger partial charge in [-0.1, -0.05) is 12.1 Å². The highest BCUT2D eigenvalue weighted by molar-refractivity contribution is 5.22. The standard InChI is InChI=1S/C14H17FN2/c1-14(2,9-16)13-7-6-12(17-13)10-4-3-5-11(15)8-10/h3-5,8,12-13,17H,6-7H2,1-2H3/t12-,13+/m0/s1. The summed E-state index contributed by atoms with van der Waals surface area (Å²) >= 11 is 0. The molecule has 1 N–H and O–H groups in total. The van der Waals surface area contributed by atoms with E-state index in [1.54, 1.807) is 12.1 Å². The zero-order valence-corrected chi connectivity index (χ0v) is 10.2. The van der Waals surface area contributed by atoms with Crippen LogP contribution in [0.5, 0.6) is 0 Å². The molecule has 0 bridgehead atoms. The van der Waals surface area contributed by atoms with Gasteiger partial charge in [-0.2, -0.15) is 5.26 Å². The van der Waals surface area contributed by atoms with Gasteiger partial charge < -0.3 is 5.32 Å². The molecule has 2 atom stereocenters. The lowest BCUT2D eigenvalue weighted by molar-refractivity contribution is 0.341. The second-order valence-corrected chi connectivity index (χ2v) is 5.24. The Bertz CT molecular complexity index is 448. The van der Waals surface area contributed by atoms with E-state index in [0.717, 1.165) is 18.4 Å². The number of nitrogens with one attached hydrogen (secondary N) is 1. The summed E-state index contributed by atoms with van der Waals surface area (Å²) in [4.78, 5) is 0. The van der Waals surface area contributed by atoms with E-state index in [1.165, 1.54) is 6.07 Å². The fourth-order valence-corrected chi connectivity index (χ4v) is 2.38. The maximum absolute atomic E-state index is 13.1. The van der Waals surface area contributed by atoms with Crippen molar-refractivity contribution in [1.29, 1.82) is 5.26 Å². The molecule has 1 fully saturated rings. The van der Waals surface area contributed by atoms with E-state index in [4.69, 9.17) is 5.26 Å². The molecule has 0 amide bonds. The Kier molecular flexibility index (Phi) is 3.17. The van der Waals surface area contributed by atoms with E-state index in [0.29, 0.717) is 0 Å². The molecule has 17 heavy (non-hydrogen) atoms. The minimum Gasteiger partial charge on any atom is -0.306 e. The lowest BCUT2D eigenvalue weighted by atomic mass is 9.85. The van der Waals surface area contributed by atoms with Crippen molar-refractivity contribution in [3.8, 4) is 6.07 Å². The van der Waals surface area contributed by atoms with Crippen molar-refractivity contribution in [2.75, 3.05) is 0 Å². The Morgan fingerprint density at radius 3 is 2.82 bits per heavy atom. The third-order valence-electron chi connectivity index (χ3n) is 3.56. The molecule has 1 aromatic carbocycles. The summed E-state index contributed by atoms with van der Waals surface area (Å²) in [5.41, 5.74) is 0.600. The monoisotopic (exact) mass is 232 g/mol. The SMILES string of the molecule is CC(C)(C#N)[C@H]1CC[C@@H](c2cccc(F)c2)N1. The second-order valence-electron chi connectivity index (χ2n) is 5.24. The normalized spacial score (nSPS) is 24.6. The molecule has 90 valence electrons. The van der Waals surface area contributed by atoms with Crippen molar-refractivity contribution in [2.24, 2.45) is 5.41 Å². The smallest absolute Gasteiger partial charge is 0.123 e. The minimum atomic E-state index is -0.373. The molecule has 1 saturated heterocycles. The summed E-state index contributed by atoms with van der Waals surface area (Å²) in [5, 5.41) is 12.5. The molecule has 2 rings (SSSR count). The lowest BCUT2D eigenvalue weighted by Gasteiger charge is -2.25. The molecule has 2 nitrogen and oxygen atoms in total. The average Bonchev–Trinajstić information content (AvgIpc) is 2.79. The Labute approximate surface area is 101 Å². The fourth-order valence-electron chi connectivity index (χ4n) is 2.38. The maximum atomic E-state index is 13.1.